The van der Waals surface area contributed by atoms with Gasteiger partial charge in [0.1, 0.15) is 24.0 Å². The summed E-state index contributed by atoms with van der Waals surface area (Å²) in [6.45, 7) is 2.01. The van der Waals surface area contributed by atoms with Gasteiger partial charge in [0.25, 0.3) is 0 Å². The highest BCUT2D eigenvalue weighted by Gasteiger charge is 2.26. The lowest BCUT2D eigenvalue weighted by atomic mass is 9.97. The zero-order valence-electron chi connectivity index (χ0n) is 16.0. The Morgan fingerprint density at radius 3 is 2.83 bits per heavy atom. The summed E-state index contributed by atoms with van der Waals surface area (Å²) in [6, 6.07) is 10.2. The first-order valence-corrected chi connectivity index (χ1v) is 9.94. The van der Waals surface area contributed by atoms with Crippen LogP contribution in [-0.2, 0) is 6.42 Å². The number of nitrogens with one attached hydrogen (secondary N) is 1. The summed E-state index contributed by atoms with van der Waals surface area (Å²) >= 11 is 6.25. The Morgan fingerprint density at radius 2 is 2.07 bits per heavy atom. The molecule has 1 atom stereocenters. The molecule has 2 heterocycles. The standard InChI is InChI=1S/C21H22ClFN4O2/c1-13-11-16(22)19(29-10-9-28)12-17(13)24-21-26-25-20-4-2-3-18(27(20)21)14-5-7-15(23)8-6-14/h5-8,11-12,18,28H,2-4,9-10H2,1H3,(H,24,26)/t18-/m0/s1. The van der Waals surface area contributed by atoms with E-state index in [1.54, 1.807) is 6.07 Å². The van der Waals surface area contributed by atoms with Gasteiger partial charge < -0.3 is 15.2 Å². The van der Waals surface area contributed by atoms with Crippen molar-refractivity contribution in [2.24, 2.45) is 0 Å². The van der Waals surface area contributed by atoms with Gasteiger partial charge in [-0.3, -0.25) is 4.57 Å². The summed E-state index contributed by atoms with van der Waals surface area (Å²) in [5, 5.41) is 21.5. The molecule has 0 radical (unpaired) electrons. The van der Waals surface area contributed by atoms with Crippen LogP contribution in [0, 0.1) is 12.7 Å². The Morgan fingerprint density at radius 1 is 1.28 bits per heavy atom. The molecule has 152 valence electrons. The summed E-state index contributed by atoms with van der Waals surface area (Å²) in [4.78, 5) is 0. The van der Waals surface area contributed by atoms with E-state index in [1.807, 2.05) is 25.1 Å². The molecule has 0 fully saturated rings. The third kappa shape index (κ3) is 4.06. The van der Waals surface area contributed by atoms with Gasteiger partial charge in [-0.15, -0.1) is 10.2 Å². The Kier molecular flexibility index (Phi) is 5.69. The van der Waals surface area contributed by atoms with Gasteiger partial charge in [-0.1, -0.05) is 23.7 Å². The van der Waals surface area contributed by atoms with Crippen LogP contribution in [0.25, 0.3) is 0 Å². The number of anilines is 2. The molecule has 2 aromatic carbocycles. The van der Waals surface area contributed by atoms with Crippen molar-refractivity contribution >= 4 is 23.2 Å². The van der Waals surface area contributed by atoms with Gasteiger partial charge in [-0.2, -0.15) is 0 Å². The normalized spacial score (nSPS) is 15.8. The summed E-state index contributed by atoms with van der Waals surface area (Å²) in [7, 11) is 0. The molecule has 0 saturated heterocycles. The average molecular weight is 417 g/mol. The highest BCUT2D eigenvalue weighted by molar-refractivity contribution is 6.32. The lowest BCUT2D eigenvalue weighted by Gasteiger charge is -2.27. The third-order valence-electron chi connectivity index (χ3n) is 5.09. The Bertz CT molecular complexity index is 1010. The van der Waals surface area contributed by atoms with Crippen LogP contribution in [0.15, 0.2) is 36.4 Å². The number of halogens is 2. The molecule has 0 saturated carbocycles. The number of fused-ring (bicyclic) bond motifs is 1. The fourth-order valence-corrected chi connectivity index (χ4v) is 3.94. The van der Waals surface area contributed by atoms with Crippen LogP contribution in [-0.4, -0.2) is 33.1 Å². The van der Waals surface area contributed by atoms with Crippen LogP contribution < -0.4 is 10.1 Å². The highest BCUT2D eigenvalue weighted by atomic mass is 35.5. The molecule has 0 aliphatic carbocycles. The van der Waals surface area contributed by atoms with Crippen molar-refractivity contribution in [1.82, 2.24) is 14.8 Å². The predicted molar refractivity (Wildman–Crippen MR) is 110 cm³/mol. The summed E-state index contributed by atoms with van der Waals surface area (Å²) in [5.41, 5.74) is 2.74. The van der Waals surface area contributed by atoms with E-state index in [2.05, 4.69) is 20.1 Å². The van der Waals surface area contributed by atoms with Crippen molar-refractivity contribution < 1.29 is 14.2 Å². The van der Waals surface area contributed by atoms with E-state index >= 15 is 0 Å². The molecular weight excluding hydrogens is 395 g/mol. The monoisotopic (exact) mass is 416 g/mol. The van der Waals surface area contributed by atoms with Crippen molar-refractivity contribution in [3.05, 3.63) is 64.2 Å². The number of aryl methyl sites for hydroxylation is 2. The minimum atomic E-state index is -0.251. The lowest BCUT2D eigenvalue weighted by Crippen LogP contribution is -2.20. The fourth-order valence-electron chi connectivity index (χ4n) is 3.66. The number of aromatic nitrogens is 3. The molecule has 4 rings (SSSR count). The van der Waals surface area contributed by atoms with Crippen LogP contribution in [0.5, 0.6) is 5.75 Å². The SMILES string of the molecule is Cc1cc(Cl)c(OCCO)cc1Nc1nnc2n1[C@H](c1ccc(F)cc1)CCC2. The van der Waals surface area contributed by atoms with Crippen LogP contribution in [0.3, 0.4) is 0 Å². The average Bonchev–Trinajstić information content (AvgIpc) is 3.13. The number of hydrogen-bond donors (Lipinski definition) is 2. The van der Waals surface area contributed by atoms with Gasteiger partial charge in [-0.05, 0) is 49.1 Å². The zero-order chi connectivity index (χ0) is 20.4. The molecule has 0 bridgehead atoms. The number of rotatable bonds is 6. The smallest absolute Gasteiger partial charge is 0.229 e. The predicted octanol–water partition coefficient (Wildman–Crippen LogP) is 4.42. The Hall–Kier alpha value is -2.64. The van der Waals surface area contributed by atoms with E-state index in [-0.39, 0.29) is 25.1 Å². The third-order valence-corrected chi connectivity index (χ3v) is 5.38. The van der Waals surface area contributed by atoms with Gasteiger partial charge in [0, 0.05) is 18.2 Å². The maximum atomic E-state index is 13.4. The van der Waals surface area contributed by atoms with E-state index < -0.39 is 0 Å². The fraction of sp³-hybridized carbons (Fsp3) is 0.333. The number of hydrogen-bond acceptors (Lipinski definition) is 5. The second kappa shape index (κ2) is 8.39. The molecule has 3 aromatic rings. The van der Waals surface area contributed by atoms with Gasteiger partial charge in [0.15, 0.2) is 0 Å². The molecule has 0 spiro atoms. The zero-order valence-corrected chi connectivity index (χ0v) is 16.8. The maximum absolute atomic E-state index is 13.4. The van der Waals surface area contributed by atoms with Gasteiger partial charge in [0.05, 0.1) is 17.7 Å². The van der Waals surface area contributed by atoms with Gasteiger partial charge in [-0.25, -0.2) is 4.39 Å². The van der Waals surface area contributed by atoms with E-state index in [1.165, 1.54) is 12.1 Å². The van der Waals surface area contributed by atoms with Crippen LogP contribution in [0.2, 0.25) is 5.02 Å². The quantitative estimate of drug-likeness (QED) is 0.622. The van der Waals surface area contributed by atoms with E-state index in [4.69, 9.17) is 21.4 Å². The Balaban J connectivity index is 1.68. The van der Waals surface area contributed by atoms with Crippen LogP contribution in [0.1, 0.15) is 35.8 Å². The van der Waals surface area contributed by atoms with Crippen molar-refractivity contribution in [1.29, 1.82) is 0 Å². The first kappa shape index (κ1) is 19.7. The topological polar surface area (TPSA) is 72.2 Å². The molecule has 2 N–H and O–H groups in total. The Labute approximate surface area is 173 Å². The number of aliphatic hydroxyl groups excluding tert-OH is 1. The molecule has 8 heteroatoms. The second-order valence-corrected chi connectivity index (χ2v) is 7.47. The second-order valence-electron chi connectivity index (χ2n) is 7.06. The van der Waals surface area contributed by atoms with Gasteiger partial charge >= 0.3 is 0 Å². The first-order chi connectivity index (χ1) is 14.1. The molecule has 1 aromatic heterocycles. The van der Waals surface area contributed by atoms with Crippen molar-refractivity contribution in [2.75, 3.05) is 18.5 Å². The molecular formula is C21H22ClFN4O2. The molecule has 0 unspecified atom stereocenters. The van der Waals surface area contributed by atoms with Crippen LogP contribution >= 0.6 is 11.6 Å². The molecule has 29 heavy (non-hydrogen) atoms. The van der Waals surface area contributed by atoms with Crippen LogP contribution in [0.4, 0.5) is 16.0 Å². The summed E-state index contributed by atoms with van der Waals surface area (Å²) in [6.07, 6.45) is 2.77. The van der Waals surface area contributed by atoms with E-state index in [9.17, 15) is 4.39 Å². The maximum Gasteiger partial charge on any atom is 0.229 e. The minimum absolute atomic E-state index is 0.0366. The summed E-state index contributed by atoms with van der Waals surface area (Å²) in [5.74, 6) is 1.75. The molecule has 1 aliphatic heterocycles. The van der Waals surface area contributed by atoms with E-state index in [0.29, 0.717) is 16.7 Å². The van der Waals surface area contributed by atoms with Crippen molar-refractivity contribution in [3.8, 4) is 5.75 Å². The number of aliphatic hydroxyl groups is 1. The molecule has 0 amide bonds. The molecule has 6 nitrogen and oxygen atoms in total. The number of nitrogens with zero attached hydrogens (tertiary/aromatic N) is 3. The van der Waals surface area contributed by atoms with E-state index in [0.717, 1.165) is 41.9 Å². The minimum Gasteiger partial charge on any atom is -0.490 e. The number of benzene rings is 2. The number of ether oxygens (including phenoxy) is 1. The summed E-state index contributed by atoms with van der Waals surface area (Å²) < 4.78 is 21.0. The largest absolute Gasteiger partial charge is 0.490 e. The van der Waals surface area contributed by atoms with Crippen molar-refractivity contribution in [2.45, 2.75) is 32.2 Å². The molecule has 1 aliphatic rings. The van der Waals surface area contributed by atoms with Crippen molar-refractivity contribution in [3.63, 3.8) is 0 Å². The van der Waals surface area contributed by atoms with Gasteiger partial charge in [0.2, 0.25) is 5.95 Å². The highest BCUT2D eigenvalue weighted by Crippen LogP contribution is 2.36. The lowest BCUT2D eigenvalue weighted by molar-refractivity contribution is 0.201. The first-order valence-electron chi connectivity index (χ1n) is 9.57.